The summed E-state index contributed by atoms with van der Waals surface area (Å²) in [4.78, 5) is 33.1. The summed E-state index contributed by atoms with van der Waals surface area (Å²) in [6.45, 7) is 5.66. The lowest BCUT2D eigenvalue weighted by Gasteiger charge is -2.34. The third kappa shape index (κ3) is 6.18. The Morgan fingerprint density at radius 1 is 1.09 bits per heavy atom. The Morgan fingerprint density at radius 2 is 1.85 bits per heavy atom. The van der Waals surface area contributed by atoms with E-state index >= 15 is 4.39 Å². The molecular weight excluding hydrogens is 591 g/mol. The van der Waals surface area contributed by atoms with Crippen molar-refractivity contribution >= 4 is 28.8 Å². The number of aromatic nitrogens is 1. The summed E-state index contributed by atoms with van der Waals surface area (Å²) in [5, 5.41) is 7.04. The maximum absolute atomic E-state index is 16.5. The molecule has 1 aliphatic heterocycles. The third-order valence-electron chi connectivity index (χ3n) is 8.47. The number of nitrogens with one attached hydrogen (secondary N) is 2. The number of nitrogens with zero attached hydrogens (tertiary/aromatic N) is 2. The van der Waals surface area contributed by atoms with E-state index < -0.39 is 17.5 Å². The van der Waals surface area contributed by atoms with Crippen molar-refractivity contribution in [2.45, 2.75) is 77.2 Å². The van der Waals surface area contributed by atoms with E-state index in [4.69, 9.17) is 23.6 Å². The number of para-hydroxylation sites is 1. The zero-order valence-corrected chi connectivity index (χ0v) is 26.7. The molecule has 2 aromatic heterocycles. The van der Waals surface area contributed by atoms with Gasteiger partial charge in [0.15, 0.2) is 11.6 Å². The fraction of sp³-hybridized carbons (Fsp3) is 0.400. The van der Waals surface area contributed by atoms with Crippen LogP contribution >= 0.6 is 0 Å². The molecule has 11 heteroatoms. The SMILES string of the molecule is COc1ccc(CN2Cc3c(F)c(N[C@H]4CCCC[C@H]4NC(=O)OC(C)(C)C)nc(-c4coc5ccccc45)c3C2=O)c(OC)c1. The number of hydrogen-bond donors (Lipinski definition) is 2. The molecule has 0 unspecified atom stereocenters. The first-order valence-electron chi connectivity index (χ1n) is 15.5. The topological polar surface area (TPSA) is 115 Å². The van der Waals surface area contributed by atoms with E-state index in [0.29, 0.717) is 41.2 Å². The van der Waals surface area contributed by atoms with Crippen LogP contribution in [-0.2, 0) is 17.8 Å². The standard InChI is InChI=1S/C35H39FN4O6/c1-35(2,3)46-34(42)38-26-12-8-7-11-25(26)37-32-30(36)23-18-40(17-20-14-15-21(43-4)16-28(20)44-5)33(41)29(23)31(39-32)24-19-45-27-13-9-6-10-22(24)27/h6,9-10,13-16,19,25-26H,7-8,11-12,17-18H2,1-5H3,(H,37,39)(H,38,42)/t25-,26+/m0/s1. The lowest BCUT2D eigenvalue weighted by atomic mass is 9.90. The highest BCUT2D eigenvalue weighted by Crippen LogP contribution is 2.40. The molecule has 4 aromatic rings. The number of pyridine rings is 1. The highest BCUT2D eigenvalue weighted by atomic mass is 19.1. The molecular formula is C35H39FN4O6. The summed E-state index contributed by atoms with van der Waals surface area (Å²) < 4.78 is 38.7. The van der Waals surface area contributed by atoms with E-state index in [2.05, 4.69) is 10.6 Å². The van der Waals surface area contributed by atoms with Crippen LogP contribution in [0.1, 0.15) is 67.9 Å². The average Bonchev–Trinajstić information content (AvgIpc) is 3.60. The number of rotatable bonds is 8. The van der Waals surface area contributed by atoms with Gasteiger partial charge in [0.1, 0.15) is 28.9 Å². The number of furan rings is 1. The molecule has 2 N–H and O–H groups in total. The van der Waals surface area contributed by atoms with Gasteiger partial charge in [-0.1, -0.05) is 31.0 Å². The normalized spacial score (nSPS) is 18.0. The Bertz CT molecular complexity index is 1780. The summed E-state index contributed by atoms with van der Waals surface area (Å²) in [6, 6.07) is 12.3. The van der Waals surface area contributed by atoms with Crippen LogP contribution in [0.25, 0.3) is 22.2 Å². The molecule has 242 valence electrons. The summed E-state index contributed by atoms with van der Waals surface area (Å²) in [5.74, 6) is 0.280. The Balaban J connectivity index is 1.38. The van der Waals surface area contributed by atoms with Gasteiger partial charge >= 0.3 is 6.09 Å². The Morgan fingerprint density at radius 3 is 2.59 bits per heavy atom. The number of ether oxygens (including phenoxy) is 3. The molecule has 2 amide bonds. The summed E-state index contributed by atoms with van der Waals surface area (Å²) in [7, 11) is 3.12. The van der Waals surface area contributed by atoms with Gasteiger partial charge in [0.25, 0.3) is 5.91 Å². The molecule has 46 heavy (non-hydrogen) atoms. The molecule has 2 aliphatic rings. The zero-order valence-electron chi connectivity index (χ0n) is 26.7. The maximum Gasteiger partial charge on any atom is 0.407 e. The zero-order chi connectivity index (χ0) is 32.6. The number of carbonyl (C=O) groups excluding carboxylic acids is 2. The van der Waals surface area contributed by atoms with Crippen LogP contribution in [0.15, 0.2) is 53.1 Å². The van der Waals surface area contributed by atoms with Crippen molar-refractivity contribution in [3.8, 4) is 22.8 Å². The van der Waals surface area contributed by atoms with Gasteiger partial charge < -0.3 is 34.2 Å². The summed E-state index contributed by atoms with van der Waals surface area (Å²) >= 11 is 0. The van der Waals surface area contributed by atoms with Gasteiger partial charge in [-0.3, -0.25) is 4.79 Å². The number of methoxy groups -OCH3 is 2. The van der Waals surface area contributed by atoms with E-state index in [1.165, 1.54) is 0 Å². The fourth-order valence-electron chi connectivity index (χ4n) is 6.29. The second-order valence-corrected chi connectivity index (χ2v) is 12.7. The second-order valence-electron chi connectivity index (χ2n) is 12.7. The number of amides is 2. The van der Waals surface area contributed by atoms with Gasteiger partial charge in [-0.25, -0.2) is 14.2 Å². The van der Waals surface area contributed by atoms with Crippen LogP contribution in [0.2, 0.25) is 0 Å². The Kier molecular flexibility index (Phi) is 8.50. The molecule has 1 saturated carbocycles. The van der Waals surface area contributed by atoms with Gasteiger partial charge in [-0.2, -0.15) is 0 Å². The number of anilines is 1. The molecule has 0 saturated heterocycles. The van der Waals surface area contributed by atoms with Gasteiger partial charge in [-0.05, 0) is 51.8 Å². The monoisotopic (exact) mass is 630 g/mol. The first-order valence-corrected chi connectivity index (χ1v) is 15.5. The molecule has 2 aromatic carbocycles. The Hall–Kier alpha value is -4.80. The van der Waals surface area contributed by atoms with Crippen LogP contribution in [0.3, 0.4) is 0 Å². The number of benzene rings is 2. The molecule has 6 rings (SSSR count). The fourth-order valence-corrected chi connectivity index (χ4v) is 6.29. The molecule has 3 heterocycles. The van der Waals surface area contributed by atoms with Crippen LogP contribution < -0.4 is 20.1 Å². The molecule has 1 aliphatic carbocycles. The maximum atomic E-state index is 16.5. The first-order chi connectivity index (χ1) is 22.1. The lowest BCUT2D eigenvalue weighted by Crippen LogP contribution is -2.50. The van der Waals surface area contributed by atoms with Crippen molar-refractivity contribution in [1.82, 2.24) is 15.2 Å². The van der Waals surface area contributed by atoms with Crippen molar-refractivity contribution in [1.29, 1.82) is 0 Å². The van der Waals surface area contributed by atoms with Gasteiger partial charge in [-0.15, -0.1) is 0 Å². The smallest absolute Gasteiger partial charge is 0.407 e. The molecule has 0 spiro atoms. The Labute approximate surface area is 267 Å². The first kappa shape index (κ1) is 31.2. The minimum atomic E-state index is -0.647. The van der Waals surface area contributed by atoms with Gasteiger partial charge in [0.2, 0.25) is 0 Å². The van der Waals surface area contributed by atoms with E-state index in [1.54, 1.807) is 37.5 Å². The van der Waals surface area contributed by atoms with E-state index in [0.717, 1.165) is 23.8 Å². The molecule has 0 bridgehead atoms. The van der Waals surface area contributed by atoms with Crippen molar-refractivity contribution in [3.63, 3.8) is 0 Å². The van der Waals surface area contributed by atoms with E-state index in [9.17, 15) is 9.59 Å². The lowest BCUT2D eigenvalue weighted by molar-refractivity contribution is 0.0488. The van der Waals surface area contributed by atoms with Crippen molar-refractivity contribution in [2.24, 2.45) is 0 Å². The van der Waals surface area contributed by atoms with Crippen molar-refractivity contribution < 1.29 is 32.6 Å². The minimum absolute atomic E-state index is 0.0265. The summed E-state index contributed by atoms with van der Waals surface area (Å²) in [5.41, 5.74) is 2.13. The predicted octanol–water partition coefficient (Wildman–Crippen LogP) is 7.05. The predicted molar refractivity (Wildman–Crippen MR) is 172 cm³/mol. The van der Waals surface area contributed by atoms with Gasteiger partial charge in [0.05, 0.1) is 38.1 Å². The van der Waals surface area contributed by atoms with Crippen molar-refractivity contribution in [3.05, 3.63) is 71.2 Å². The highest BCUT2D eigenvalue weighted by molar-refractivity contribution is 6.07. The minimum Gasteiger partial charge on any atom is -0.497 e. The van der Waals surface area contributed by atoms with Crippen LogP contribution in [0, 0.1) is 5.82 Å². The molecule has 10 nitrogen and oxygen atoms in total. The molecule has 2 atom stereocenters. The average molecular weight is 631 g/mol. The van der Waals surface area contributed by atoms with Crippen LogP contribution in [0.5, 0.6) is 11.5 Å². The van der Waals surface area contributed by atoms with Crippen LogP contribution in [0.4, 0.5) is 15.0 Å². The molecule has 1 fully saturated rings. The van der Waals surface area contributed by atoms with Crippen LogP contribution in [-0.4, -0.2) is 53.8 Å². The molecule has 0 radical (unpaired) electrons. The number of carbonyl (C=O) groups is 2. The number of halogens is 1. The number of fused-ring (bicyclic) bond motifs is 2. The third-order valence-corrected chi connectivity index (χ3v) is 8.47. The number of alkyl carbamates (subject to hydrolysis) is 1. The highest BCUT2D eigenvalue weighted by Gasteiger charge is 2.38. The van der Waals surface area contributed by atoms with E-state index in [1.807, 2.05) is 51.1 Å². The van der Waals surface area contributed by atoms with E-state index in [-0.39, 0.29) is 48.0 Å². The van der Waals surface area contributed by atoms with Crippen molar-refractivity contribution in [2.75, 3.05) is 19.5 Å². The summed E-state index contributed by atoms with van der Waals surface area (Å²) in [6.07, 6.45) is 4.28. The number of hydrogen-bond acceptors (Lipinski definition) is 8. The second kappa shape index (κ2) is 12.5. The van der Waals surface area contributed by atoms with Gasteiger partial charge in [0, 0.05) is 40.7 Å². The largest absolute Gasteiger partial charge is 0.497 e. The quantitative estimate of drug-likeness (QED) is 0.213.